The SMILES string of the molecule is CC1(C)NC(=S)C(C)(C)N1O. The van der Waals surface area contributed by atoms with Crippen molar-refractivity contribution in [3.63, 3.8) is 0 Å². The maximum Gasteiger partial charge on any atom is 0.109 e. The summed E-state index contributed by atoms with van der Waals surface area (Å²) in [5, 5.41) is 13.9. The van der Waals surface area contributed by atoms with E-state index in [0.29, 0.717) is 4.99 Å². The number of hydrogen-bond acceptors (Lipinski definition) is 3. The van der Waals surface area contributed by atoms with Crippen LogP contribution in [0.1, 0.15) is 27.7 Å². The highest BCUT2D eigenvalue weighted by Crippen LogP contribution is 2.28. The van der Waals surface area contributed by atoms with Gasteiger partial charge in [0.2, 0.25) is 0 Å². The highest BCUT2D eigenvalue weighted by atomic mass is 32.1. The lowest BCUT2D eigenvalue weighted by Crippen LogP contribution is -2.48. The van der Waals surface area contributed by atoms with E-state index < -0.39 is 11.2 Å². The molecule has 0 unspecified atom stereocenters. The van der Waals surface area contributed by atoms with Crippen LogP contribution in [0.15, 0.2) is 0 Å². The molecule has 1 aliphatic heterocycles. The molecule has 2 N–H and O–H groups in total. The van der Waals surface area contributed by atoms with E-state index in [0.717, 1.165) is 0 Å². The smallest absolute Gasteiger partial charge is 0.109 e. The largest absolute Gasteiger partial charge is 0.359 e. The van der Waals surface area contributed by atoms with E-state index in [2.05, 4.69) is 5.32 Å². The lowest BCUT2D eigenvalue weighted by atomic mass is 10.1. The van der Waals surface area contributed by atoms with E-state index in [-0.39, 0.29) is 0 Å². The summed E-state index contributed by atoms with van der Waals surface area (Å²) >= 11 is 5.07. The fourth-order valence-electron chi connectivity index (χ4n) is 1.28. The minimum absolute atomic E-state index is 0.444. The Hall–Kier alpha value is -0.190. The first-order valence-electron chi connectivity index (χ1n) is 3.60. The molecule has 0 atom stereocenters. The maximum atomic E-state index is 9.64. The van der Waals surface area contributed by atoms with Gasteiger partial charge in [-0.3, -0.25) is 0 Å². The topological polar surface area (TPSA) is 35.5 Å². The molecular weight excluding hydrogens is 160 g/mol. The van der Waals surface area contributed by atoms with Crippen LogP contribution in [0.3, 0.4) is 0 Å². The first kappa shape index (κ1) is 8.90. The Labute approximate surface area is 72.3 Å². The molecule has 11 heavy (non-hydrogen) atoms. The summed E-state index contributed by atoms with van der Waals surface area (Å²) in [5.41, 5.74) is -0.889. The van der Waals surface area contributed by atoms with Crippen molar-refractivity contribution in [1.29, 1.82) is 0 Å². The molecule has 1 aliphatic rings. The molecule has 64 valence electrons. The van der Waals surface area contributed by atoms with Crippen LogP contribution in [0.4, 0.5) is 0 Å². The number of hydrogen-bond donors (Lipinski definition) is 2. The van der Waals surface area contributed by atoms with Crippen molar-refractivity contribution < 1.29 is 5.21 Å². The first-order chi connectivity index (χ1) is 4.78. The molecule has 0 aromatic rings. The minimum atomic E-state index is -0.446. The minimum Gasteiger partial charge on any atom is -0.359 e. The van der Waals surface area contributed by atoms with Crippen LogP contribution >= 0.6 is 12.2 Å². The van der Waals surface area contributed by atoms with Gasteiger partial charge in [0, 0.05) is 0 Å². The van der Waals surface area contributed by atoms with E-state index in [9.17, 15) is 5.21 Å². The number of rotatable bonds is 0. The van der Waals surface area contributed by atoms with Crippen molar-refractivity contribution in [2.24, 2.45) is 0 Å². The molecule has 0 spiro atoms. The van der Waals surface area contributed by atoms with E-state index in [1.165, 1.54) is 5.06 Å². The molecule has 1 heterocycles. The van der Waals surface area contributed by atoms with Gasteiger partial charge in [0.1, 0.15) is 5.66 Å². The van der Waals surface area contributed by atoms with Crippen LogP contribution in [0, 0.1) is 0 Å². The van der Waals surface area contributed by atoms with E-state index >= 15 is 0 Å². The van der Waals surface area contributed by atoms with Crippen LogP contribution in [0.5, 0.6) is 0 Å². The lowest BCUT2D eigenvalue weighted by molar-refractivity contribution is -0.188. The molecule has 0 amide bonds. The zero-order valence-electron chi connectivity index (χ0n) is 7.30. The average Bonchev–Trinajstić information content (AvgIpc) is 1.94. The third-order valence-corrected chi connectivity index (χ3v) is 2.64. The molecule has 0 radical (unpaired) electrons. The van der Waals surface area contributed by atoms with Crippen LogP contribution in [-0.2, 0) is 0 Å². The third-order valence-electron chi connectivity index (χ3n) is 2.03. The van der Waals surface area contributed by atoms with Gasteiger partial charge in [-0.25, -0.2) is 0 Å². The Kier molecular flexibility index (Phi) is 1.74. The maximum absolute atomic E-state index is 9.64. The molecule has 0 saturated carbocycles. The molecule has 1 fully saturated rings. The quantitative estimate of drug-likeness (QED) is 0.540. The summed E-state index contributed by atoms with van der Waals surface area (Å²) in [5.74, 6) is 0. The summed E-state index contributed by atoms with van der Waals surface area (Å²) in [6.07, 6.45) is 0. The number of hydroxylamine groups is 2. The van der Waals surface area contributed by atoms with Gasteiger partial charge >= 0.3 is 0 Å². The average molecular weight is 174 g/mol. The highest BCUT2D eigenvalue weighted by molar-refractivity contribution is 7.80. The van der Waals surface area contributed by atoms with Crippen LogP contribution in [0.25, 0.3) is 0 Å². The molecule has 1 rings (SSSR count). The summed E-state index contributed by atoms with van der Waals surface area (Å²) in [6, 6.07) is 0. The van der Waals surface area contributed by atoms with Gasteiger partial charge in [-0.1, -0.05) is 12.2 Å². The zero-order chi connectivity index (χ0) is 8.86. The second kappa shape index (κ2) is 2.15. The van der Waals surface area contributed by atoms with Gasteiger partial charge in [-0.05, 0) is 27.7 Å². The summed E-state index contributed by atoms with van der Waals surface area (Å²) in [6.45, 7) is 7.54. The summed E-state index contributed by atoms with van der Waals surface area (Å²) in [4.78, 5) is 0.685. The van der Waals surface area contributed by atoms with Crippen molar-refractivity contribution in [1.82, 2.24) is 10.4 Å². The Morgan fingerprint density at radius 3 is 1.91 bits per heavy atom. The summed E-state index contributed by atoms with van der Waals surface area (Å²) in [7, 11) is 0. The lowest BCUT2D eigenvalue weighted by Gasteiger charge is -2.31. The summed E-state index contributed by atoms with van der Waals surface area (Å²) < 4.78 is 0. The Balaban J connectivity index is 2.98. The van der Waals surface area contributed by atoms with Crippen LogP contribution in [0.2, 0.25) is 0 Å². The van der Waals surface area contributed by atoms with Gasteiger partial charge in [-0.2, -0.15) is 5.06 Å². The van der Waals surface area contributed by atoms with Gasteiger partial charge < -0.3 is 10.5 Å². The molecule has 1 saturated heterocycles. The fraction of sp³-hybridized carbons (Fsp3) is 0.857. The third kappa shape index (κ3) is 1.15. The van der Waals surface area contributed by atoms with Crippen molar-refractivity contribution in [3.8, 4) is 0 Å². The Morgan fingerprint density at radius 1 is 1.36 bits per heavy atom. The second-order valence-corrected chi connectivity index (χ2v) is 4.29. The van der Waals surface area contributed by atoms with Crippen LogP contribution < -0.4 is 5.32 Å². The number of nitrogens with one attached hydrogen (secondary N) is 1. The van der Waals surface area contributed by atoms with Gasteiger partial charge in [0.15, 0.2) is 0 Å². The van der Waals surface area contributed by atoms with Crippen molar-refractivity contribution >= 4 is 17.2 Å². The van der Waals surface area contributed by atoms with Crippen molar-refractivity contribution in [2.75, 3.05) is 0 Å². The second-order valence-electron chi connectivity index (χ2n) is 3.88. The highest BCUT2D eigenvalue weighted by Gasteiger charge is 2.47. The molecule has 0 bridgehead atoms. The number of nitrogens with zero attached hydrogens (tertiary/aromatic N) is 1. The number of thiocarbonyl (C=S) groups is 1. The molecule has 0 aromatic carbocycles. The zero-order valence-corrected chi connectivity index (χ0v) is 8.12. The normalized spacial score (nSPS) is 28.6. The predicted octanol–water partition coefficient (Wildman–Crippen LogP) is 1.12. The molecule has 0 aromatic heterocycles. The predicted molar refractivity (Wildman–Crippen MR) is 47.5 cm³/mol. The molecule has 4 heteroatoms. The van der Waals surface area contributed by atoms with E-state index in [1.54, 1.807) is 0 Å². The molecule has 3 nitrogen and oxygen atoms in total. The molecular formula is C7H14N2OS. The van der Waals surface area contributed by atoms with Gasteiger partial charge in [0.05, 0.1) is 10.5 Å². The molecule has 0 aliphatic carbocycles. The standard InChI is InChI=1S/C7H14N2OS/c1-6(2)5(11)8-7(3,4)9(6)10/h10H,1-4H3,(H,8,11). The first-order valence-corrected chi connectivity index (χ1v) is 4.01. The van der Waals surface area contributed by atoms with Crippen LogP contribution in [-0.4, -0.2) is 26.5 Å². The fourth-order valence-corrected chi connectivity index (χ4v) is 1.61. The monoisotopic (exact) mass is 174 g/mol. The Bertz CT molecular complexity index is 201. The van der Waals surface area contributed by atoms with Gasteiger partial charge in [0.25, 0.3) is 0 Å². The van der Waals surface area contributed by atoms with Crippen molar-refractivity contribution in [3.05, 3.63) is 0 Å². The van der Waals surface area contributed by atoms with Crippen molar-refractivity contribution in [2.45, 2.75) is 38.9 Å². The van der Waals surface area contributed by atoms with E-state index in [1.807, 2.05) is 27.7 Å². The van der Waals surface area contributed by atoms with Gasteiger partial charge in [-0.15, -0.1) is 0 Å². The van der Waals surface area contributed by atoms with E-state index in [4.69, 9.17) is 12.2 Å². The Morgan fingerprint density at radius 2 is 1.82 bits per heavy atom.